The standard InChI is InChI=1S/C26H28N2O7S/c1-14(29)20-18-12-17(15-7-9-16(10-8-15)27-22(30)19-6-5-11-36-19)21(28(18)23(20)31)24(32)34-13-35-25(33)26(2,3)4/h5-11,14,18,20,29H,12-13H2,1-4H3,(H,27,30)/t14-,18-,20-/m1/s1. The number of fused-ring (bicyclic) bond motifs is 1. The van der Waals surface area contributed by atoms with E-state index in [1.807, 2.05) is 5.38 Å². The smallest absolute Gasteiger partial charge is 0.358 e. The number of β-lactam (4-membered cyclic amide) rings is 1. The number of hydrogen-bond donors (Lipinski definition) is 2. The minimum Gasteiger partial charge on any atom is -0.427 e. The Balaban J connectivity index is 1.55. The predicted octanol–water partition coefficient (Wildman–Crippen LogP) is 3.41. The number of ether oxygens (including phenoxy) is 2. The first-order chi connectivity index (χ1) is 17.0. The van der Waals surface area contributed by atoms with Crippen LogP contribution >= 0.6 is 11.3 Å². The number of esters is 2. The largest absolute Gasteiger partial charge is 0.427 e. The summed E-state index contributed by atoms with van der Waals surface area (Å²) in [6, 6.07) is 10.1. The molecule has 1 fully saturated rings. The van der Waals surface area contributed by atoms with Crippen LogP contribution in [0.3, 0.4) is 0 Å². The molecule has 9 nitrogen and oxygen atoms in total. The summed E-state index contributed by atoms with van der Waals surface area (Å²) in [5, 5.41) is 14.7. The van der Waals surface area contributed by atoms with Crippen LogP contribution in [0.4, 0.5) is 5.69 Å². The summed E-state index contributed by atoms with van der Waals surface area (Å²) >= 11 is 1.34. The van der Waals surface area contributed by atoms with Crippen molar-refractivity contribution in [2.75, 3.05) is 12.1 Å². The summed E-state index contributed by atoms with van der Waals surface area (Å²) in [6.07, 6.45) is -0.507. The van der Waals surface area contributed by atoms with E-state index < -0.39 is 36.2 Å². The quantitative estimate of drug-likeness (QED) is 0.331. The van der Waals surface area contributed by atoms with Crippen molar-refractivity contribution in [3.05, 3.63) is 57.9 Å². The molecule has 0 spiro atoms. The molecule has 2 aliphatic heterocycles. The predicted molar refractivity (Wildman–Crippen MR) is 133 cm³/mol. The Hall–Kier alpha value is -3.50. The molecular weight excluding hydrogens is 484 g/mol. The van der Waals surface area contributed by atoms with E-state index in [2.05, 4.69) is 5.32 Å². The van der Waals surface area contributed by atoms with E-state index in [4.69, 9.17) is 9.47 Å². The SMILES string of the molecule is C[C@@H](O)[C@H]1C(=O)N2C(C(=O)OCOC(=O)C(C)(C)C)=C(c3ccc(NC(=O)c4cccs4)cc3)C[C@H]12. The molecule has 190 valence electrons. The van der Waals surface area contributed by atoms with E-state index in [1.165, 1.54) is 16.2 Å². The number of aliphatic hydroxyl groups is 1. The number of thiophene rings is 1. The second-order valence-electron chi connectivity index (χ2n) is 9.81. The molecule has 0 unspecified atom stereocenters. The first-order valence-corrected chi connectivity index (χ1v) is 12.4. The monoisotopic (exact) mass is 512 g/mol. The summed E-state index contributed by atoms with van der Waals surface area (Å²) in [5.41, 5.74) is 1.15. The number of benzene rings is 1. The number of carbonyl (C=O) groups is 4. The average molecular weight is 513 g/mol. The summed E-state index contributed by atoms with van der Waals surface area (Å²) in [6.45, 7) is 6.02. The van der Waals surface area contributed by atoms with Gasteiger partial charge in [0.15, 0.2) is 0 Å². The lowest BCUT2D eigenvalue weighted by Gasteiger charge is -2.44. The number of aliphatic hydroxyl groups excluding tert-OH is 1. The molecule has 1 aromatic heterocycles. The van der Waals surface area contributed by atoms with Gasteiger partial charge >= 0.3 is 11.9 Å². The fourth-order valence-electron chi connectivity index (χ4n) is 4.29. The number of anilines is 1. The van der Waals surface area contributed by atoms with Crippen molar-refractivity contribution in [3.63, 3.8) is 0 Å². The molecule has 4 rings (SSSR count). The van der Waals surface area contributed by atoms with E-state index in [9.17, 15) is 24.3 Å². The Morgan fingerprint density at radius 1 is 1.17 bits per heavy atom. The number of hydrogen-bond acceptors (Lipinski definition) is 8. The zero-order valence-corrected chi connectivity index (χ0v) is 21.3. The van der Waals surface area contributed by atoms with Gasteiger partial charge in [0.25, 0.3) is 5.91 Å². The van der Waals surface area contributed by atoms with Gasteiger partial charge in [-0.05, 0) is 68.8 Å². The van der Waals surface area contributed by atoms with Crippen molar-refractivity contribution in [2.24, 2.45) is 11.3 Å². The van der Waals surface area contributed by atoms with Gasteiger partial charge in [0.1, 0.15) is 5.70 Å². The van der Waals surface area contributed by atoms with E-state index >= 15 is 0 Å². The first kappa shape index (κ1) is 25.6. The second kappa shape index (κ2) is 9.87. The number of nitrogens with one attached hydrogen (secondary N) is 1. The van der Waals surface area contributed by atoms with Crippen LogP contribution in [0, 0.1) is 11.3 Å². The number of amides is 2. The molecule has 2 aliphatic rings. The van der Waals surface area contributed by atoms with Gasteiger partial charge in [-0.1, -0.05) is 18.2 Å². The van der Waals surface area contributed by atoms with Crippen molar-refractivity contribution in [1.82, 2.24) is 4.90 Å². The second-order valence-corrected chi connectivity index (χ2v) is 10.8. The molecule has 0 saturated carbocycles. The molecule has 36 heavy (non-hydrogen) atoms. The highest BCUT2D eigenvalue weighted by Gasteiger charge is 2.57. The number of carbonyl (C=O) groups excluding carboxylic acids is 4. The zero-order chi connectivity index (χ0) is 26.2. The molecule has 2 N–H and O–H groups in total. The third-order valence-electron chi connectivity index (χ3n) is 6.15. The topological polar surface area (TPSA) is 122 Å². The molecule has 2 aromatic rings. The van der Waals surface area contributed by atoms with Crippen molar-refractivity contribution >= 4 is 46.4 Å². The Morgan fingerprint density at radius 2 is 1.86 bits per heavy atom. The molecule has 3 atom stereocenters. The molecular formula is C26H28N2O7S. The molecule has 0 radical (unpaired) electrons. The fraction of sp³-hybridized carbons (Fsp3) is 0.385. The van der Waals surface area contributed by atoms with Crippen molar-refractivity contribution in [2.45, 2.75) is 46.3 Å². The Kier molecular flexibility index (Phi) is 7.01. The van der Waals surface area contributed by atoms with Crippen LogP contribution in [-0.4, -0.2) is 52.7 Å². The van der Waals surface area contributed by atoms with Crippen LogP contribution in [0.1, 0.15) is 49.4 Å². The third kappa shape index (κ3) is 4.91. The van der Waals surface area contributed by atoms with Crippen molar-refractivity contribution in [3.8, 4) is 0 Å². The van der Waals surface area contributed by atoms with Gasteiger partial charge in [0.05, 0.1) is 28.4 Å². The lowest BCUT2D eigenvalue weighted by molar-refractivity contribution is -0.175. The van der Waals surface area contributed by atoms with Crippen LogP contribution < -0.4 is 5.32 Å². The van der Waals surface area contributed by atoms with Crippen molar-refractivity contribution < 1.29 is 33.8 Å². The van der Waals surface area contributed by atoms with Crippen LogP contribution in [0.25, 0.3) is 5.57 Å². The molecule has 3 heterocycles. The van der Waals surface area contributed by atoms with Crippen molar-refractivity contribution in [1.29, 1.82) is 0 Å². The molecule has 1 aromatic carbocycles. The first-order valence-electron chi connectivity index (χ1n) is 11.5. The summed E-state index contributed by atoms with van der Waals surface area (Å²) in [7, 11) is 0. The molecule has 0 bridgehead atoms. The lowest BCUT2D eigenvalue weighted by Crippen LogP contribution is -2.61. The van der Waals surface area contributed by atoms with Gasteiger partial charge < -0.3 is 24.8 Å². The summed E-state index contributed by atoms with van der Waals surface area (Å²) < 4.78 is 10.2. The Labute approximate surface area is 212 Å². The molecule has 10 heteroatoms. The van der Waals surface area contributed by atoms with Crippen LogP contribution in [0.15, 0.2) is 47.5 Å². The van der Waals surface area contributed by atoms with Crippen LogP contribution in [0.5, 0.6) is 0 Å². The molecule has 1 saturated heterocycles. The maximum atomic E-state index is 13.0. The molecule has 0 aliphatic carbocycles. The lowest BCUT2D eigenvalue weighted by atomic mass is 9.82. The van der Waals surface area contributed by atoms with Gasteiger partial charge in [-0.3, -0.25) is 14.4 Å². The van der Waals surface area contributed by atoms with E-state index in [0.717, 1.165) is 0 Å². The zero-order valence-electron chi connectivity index (χ0n) is 20.4. The van der Waals surface area contributed by atoms with E-state index in [0.29, 0.717) is 28.1 Å². The van der Waals surface area contributed by atoms with Gasteiger partial charge in [0.2, 0.25) is 12.7 Å². The summed E-state index contributed by atoms with van der Waals surface area (Å²) in [4.78, 5) is 52.1. The van der Waals surface area contributed by atoms with E-state index in [-0.39, 0.29) is 23.6 Å². The van der Waals surface area contributed by atoms with Crippen LogP contribution in [0.2, 0.25) is 0 Å². The highest BCUT2D eigenvalue weighted by atomic mass is 32.1. The van der Waals surface area contributed by atoms with Gasteiger partial charge in [-0.25, -0.2) is 4.79 Å². The maximum Gasteiger partial charge on any atom is 0.358 e. The Morgan fingerprint density at radius 3 is 2.44 bits per heavy atom. The summed E-state index contributed by atoms with van der Waals surface area (Å²) in [5.74, 6) is -2.51. The average Bonchev–Trinajstić information content (AvgIpc) is 3.45. The molecule has 2 amide bonds. The number of rotatable bonds is 7. The minimum atomic E-state index is -0.863. The van der Waals surface area contributed by atoms with Gasteiger partial charge in [-0.15, -0.1) is 11.3 Å². The van der Waals surface area contributed by atoms with Crippen LogP contribution in [-0.2, 0) is 23.9 Å². The Bertz CT molecular complexity index is 1210. The highest BCUT2D eigenvalue weighted by molar-refractivity contribution is 7.12. The van der Waals surface area contributed by atoms with Gasteiger partial charge in [0, 0.05) is 5.69 Å². The number of nitrogens with zero attached hydrogens (tertiary/aromatic N) is 1. The van der Waals surface area contributed by atoms with Gasteiger partial charge in [-0.2, -0.15) is 0 Å². The minimum absolute atomic E-state index is 0.0732. The van der Waals surface area contributed by atoms with E-state index in [1.54, 1.807) is 64.1 Å². The fourth-order valence-corrected chi connectivity index (χ4v) is 4.91. The third-order valence-corrected chi connectivity index (χ3v) is 7.02. The maximum absolute atomic E-state index is 13.0. The highest BCUT2D eigenvalue weighted by Crippen LogP contribution is 2.47. The normalized spacial score (nSPS) is 19.9.